The van der Waals surface area contributed by atoms with Gasteiger partial charge in [-0.15, -0.1) is 0 Å². The van der Waals surface area contributed by atoms with Crippen LogP contribution in [-0.2, 0) is 20.9 Å². The minimum absolute atomic E-state index is 0.0389. The fourth-order valence-electron chi connectivity index (χ4n) is 2.68. The van der Waals surface area contributed by atoms with Crippen molar-refractivity contribution in [3.05, 3.63) is 59.3 Å². The number of hydrogen-bond donors (Lipinski definition) is 2. The summed E-state index contributed by atoms with van der Waals surface area (Å²) in [4.78, 5) is 23.0. The molecule has 0 bridgehead atoms. The van der Waals surface area contributed by atoms with Crippen LogP contribution in [0.1, 0.15) is 31.7 Å². The van der Waals surface area contributed by atoms with Gasteiger partial charge in [-0.05, 0) is 18.1 Å². The summed E-state index contributed by atoms with van der Waals surface area (Å²) in [6, 6.07) is 9.80. The van der Waals surface area contributed by atoms with Crippen molar-refractivity contribution in [1.29, 1.82) is 0 Å². The monoisotopic (exact) mass is 329 g/mol. The van der Waals surface area contributed by atoms with Crippen LogP contribution in [-0.4, -0.2) is 29.5 Å². The molecule has 0 radical (unpaired) electrons. The minimum atomic E-state index is -1.06. The van der Waals surface area contributed by atoms with Gasteiger partial charge in [0, 0.05) is 23.8 Å². The van der Waals surface area contributed by atoms with E-state index in [2.05, 4.69) is 5.32 Å². The van der Waals surface area contributed by atoms with Crippen molar-refractivity contribution in [3.8, 4) is 0 Å². The summed E-state index contributed by atoms with van der Waals surface area (Å²) in [5.74, 6) is -1.09. The first-order valence-electron chi connectivity index (χ1n) is 8.15. The van der Waals surface area contributed by atoms with Gasteiger partial charge in [-0.2, -0.15) is 0 Å². The molecule has 24 heavy (non-hydrogen) atoms. The Kier molecular flexibility index (Phi) is 6.75. The van der Waals surface area contributed by atoms with Crippen LogP contribution < -0.4 is 5.32 Å². The van der Waals surface area contributed by atoms with Gasteiger partial charge in [0.1, 0.15) is 0 Å². The molecule has 128 valence electrons. The van der Waals surface area contributed by atoms with Crippen LogP contribution in [0.3, 0.4) is 0 Å². The highest BCUT2D eigenvalue weighted by atomic mass is 16.5. The van der Waals surface area contributed by atoms with Gasteiger partial charge >= 0.3 is 5.97 Å². The van der Waals surface area contributed by atoms with E-state index in [4.69, 9.17) is 9.84 Å². The lowest BCUT2D eigenvalue weighted by Gasteiger charge is -2.27. The quantitative estimate of drug-likeness (QED) is 0.717. The summed E-state index contributed by atoms with van der Waals surface area (Å²) >= 11 is 0. The third-order valence-electron chi connectivity index (χ3n) is 3.76. The molecular weight excluding hydrogens is 306 g/mol. The fourth-order valence-corrected chi connectivity index (χ4v) is 2.68. The SMILES string of the molecule is CCCC1=C(C=CC(=O)O)C(=O)CC(COCc2ccccc2)N1. The van der Waals surface area contributed by atoms with E-state index in [-0.39, 0.29) is 11.8 Å². The third kappa shape index (κ3) is 5.35. The molecule has 0 amide bonds. The Morgan fingerprint density at radius 3 is 2.79 bits per heavy atom. The maximum atomic E-state index is 12.3. The van der Waals surface area contributed by atoms with Gasteiger partial charge < -0.3 is 15.2 Å². The molecule has 1 aromatic rings. The number of ether oxygens (including phenoxy) is 1. The molecule has 1 aromatic carbocycles. The number of hydrogen-bond acceptors (Lipinski definition) is 4. The summed E-state index contributed by atoms with van der Waals surface area (Å²) in [7, 11) is 0. The number of allylic oxidation sites excluding steroid dienone is 3. The molecule has 2 N–H and O–H groups in total. The summed E-state index contributed by atoms with van der Waals surface area (Å²) in [6.45, 7) is 2.96. The number of Topliss-reactive ketones (excluding diaryl/α,β-unsaturated/α-hetero) is 1. The van der Waals surface area contributed by atoms with Crippen LogP contribution >= 0.6 is 0 Å². The van der Waals surface area contributed by atoms with Crippen LogP contribution in [0.2, 0.25) is 0 Å². The zero-order valence-electron chi connectivity index (χ0n) is 13.8. The van der Waals surface area contributed by atoms with Crippen molar-refractivity contribution < 1.29 is 19.4 Å². The van der Waals surface area contributed by atoms with E-state index in [9.17, 15) is 9.59 Å². The molecule has 2 rings (SSSR count). The maximum absolute atomic E-state index is 12.3. The van der Waals surface area contributed by atoms with E-state index in [1.807, 2.05) is 37.3 Å². The highest BCUT2D eigenvalue weighted by Crippen LogP contribution is 2.20. The highest BCUT2D eigenvalue weighted by molar-refractivity contribution is 6.01. The van der Waals surface area contributed by atoms with Gasteiger partial charge in [0.25, 0.3) is 0 Å². The van der Waals surface area contributed by atoms with Crippen molar-refractivity contribution in [1.82, 2.24) is 5.32 Å². The van der Waals surface area contributed by atoms with Crippen molar-refractivity contribution in [2.24, 2.45) is 0 Å². The maximum Gasteiger partial charge on any atom is 0.328 e. The fraction of sp³-hybridized carbons (Fsp3) is 0.368. The molecule has 0 spiro atoms. The Morgan fingerprint density at radius 2 is 2.12 bits per heavy atom. The normalized spacial score (nSPS) is 18.0. The zero-order valence-corrected chi connectivity index (χ0v) is 13.8. The average Bonchev–Trinajstić information content (AvgIpc) is 2.55. The number of carbonyl (C=O) groups is 2. The van der Waals surface area contributed by atoms with Gasteiger partial charge in [0.15, 0.2) is 5.78 Å². The highest BCUT2D eigenvalue weighted by Gasteiger charge is 2.25. The van der Waals surface area contributed by atoms with Gasteiger partial charge in [-0.1, -0.05) is 43.7 Å². The van der Waals surface area contributed by atoms with Gasteiger partial charge in [0.05, 0.1) is 19.3 Å². The van der Waals surface area contributed by atoms with Gasteiger partial charge in [-0.25, -0.2) is 4.79 Å². The number of carboxylic acid groups (broad SMARTS) is 1. The van der Waals surface area contributed by atoms with E-state index in [1.54, 1.807) is 0 Å². The van der Waals surface area contributed by atoms with E-state index >= 15 is 0 Å². The first kappa shape index (κ1) is 17.9. The second-order valence-corrected chi connectivity index (χ2v) is 5.78. The van der Waals surface area contributed by atoms with E-state index in [1.165, 1.54) is 6.08 Å². The largest absolute Gasteiger partial charge is 0.478 e. The number of rotatable bonds is 8. The topological polar surface area (TPSA) is 75.6 Å². The lowest BCUT2D eigenvalue weighted by Crippen LogP contribution is -2.40. The number of benzene rings is 1. The summed E-state index contributed by atoms with van der Waals surface area (Å²) in [6.07, 6.45) is 4.29. The Hall–Kier alpha value is -2.40. The van der Waals surface area contributed by atoms with Crippen molar-refractivity contribution in [2.45, 2.75) is 38.8 Å². The van der Waals surface area contributed by atoms with Crippen molar-refractivity contribution >= 4 is 11.8 Å². The van der Waals surface area contributed by atoms with E-state index in [0.29, 0.717) is 31.6 Å². The zero-order chi connectivity index (χ0) is 17.4. The Bertz CT molecular complexity index is 634. The molecular formula is C19H23NO4. The van der Waals surface area contributed by atoms with Crippen LogP contribution in [0.15, 0.2) is 53.8 Å². The molecule has 1 atom stereocenters. The minimum Gasteiger partial charge on any atom is -0.478 e. The molecule has 0 saturated carbocycles. The van der Waals surface area contributed by atoms with E-state index in [0.717, 1.165) is 23.8 Å². The summed E-state index contributed by atoms with van der Waals surface area (Å²) < 4.78 is 5.72. The van der Waals surface area contributed by atoms with Gasteiger partial charge in [0.2, 0.25) is 0 Å². The molecule has 1 aliphatic rings. The first-order chi connectivity index (χ1) is 11.6. The standard InChI is InChI=1S/C19H23NO4/c1-2-6-17-16(9-10-19(22)23)18(21)11-15(20-17)13-24-12-14-7-4-3-5-8-14/h3-5,7-10,15,20H,2,6,11-13H2,1H3,(H,22,23). The number of carboxylic acids is 1. The molecule has 0 aliphatic carbocycles. The van der Waals surface area contributed by atoms with E-state index < -0.39 is 5.97 Å². The molecule has 0 saturated heterocycles. The molecule has 5 heteroatoms. The third-order valence-corrected chi connectivity index (χ3v) is 3.76. The number of aliphatic carboxylic acids is 1. The second-order valence-electron chi connectivity index (χ2n) is 5.78. The Morgan fingerprint density at radius 1 is 1.38 bits per heavy atom. The molecule has 0 aromatic heterocycles. The van der Waals surface area contributed by atoms with Crippen LogP contribution in [0.5, 0.6) is 0 Å². The van der Waals surface area contributed by atoms with Crippen molar-refractivity contribution in [2.75, 3.05) is 6.61 Å². The molecule has 5 nitrogen and oxygen atoms in total. The Balaban J connectivity index is 1.97. The molecule has 1 aliphatic heterocycles. The number of ketones is 1. The number of nitrogens with one attached hydrogen (secondary N) is 1. The smallest absolute Gasteiger partial charge is 0.328 e. The number of carbonyl (C=O) groups excluding carboxylic acids is 1. The molecule has 1 unspecified atom stereocenters. The first-order valence-corrected chi connectivity index (χ1v) is 8.15. The lowest BCUT2D eigenvalue weighted by atomic mass is 9.94. The lowest BCUT2D eigenvalue weighted by molar-refractivity contribution is -0.131. The summed E-state index contributed by atoms with van der Waals surface area (Å²) in [5.41, 5.74) is 2.37. The Labute approximate surface area is 142 Å². The van der Waals surface area contributed by atoms with Crippen LogP contribution in [0.25, 0.3) is 0 Å². The van der Waals surface area contributed by atoms with Crippen LogP contribution in [0.4, 0.5) is 0 Å². The summed E-state index contributed by atoms with van der Waals surface area (Å²) in [5, 5.41) is 12.1. The predicted octanol–water partition coefficient (Wildman–Crippen LogP) is 2.83. The second kappa shape index (κ2) is 9.03. The predicted molar refractivity (Wildman–Crippen MR) is 91.4 cm³/mol. The van der Waals surface area contributed by atoms with Gasteiger partial charge in [-0.3, -0.25) is 4.79 Å². The molecule has 0 fully saturated rings. The molecule has 1 heterocycles. The van der Waals surface area contributed by atoms with Crippen LogP contribution in [0, 0.1) is 0 Å². The van der Waals surface area contributed by atoms with Crippen molar-refractivity contribution in [3.63, 3.8) is 0 Å². The average molecular weight is 329 g/mol.